The molecule has 0 bridgehead atoms. The number of nitro benzene ring substituents is 2. The molecule has 1 unspecified atom stereocenters. The molecule has 0 aliphatic rings. The molecule has 34 heavy (non-hydrogen) atoms. The van der Waals surface area contributed by atoms with Crippen LogP contribution in [0.2, 0.25) is 0 Å². The van der Waals surface area contributed by atoms with Gasteiger partial charge in [0.25, 0.3) is 11.4 Å². The van der Waals surface area contributed by atoms with E-state index in [9.17, 15) is 34.9 Å². The van der Waals surface area contributed by atoms with Crippen molar-refractivity contribution >= 4 is 23.4 Å². The molecule has 0 fully saturated rings. The number of hydrogen-bond donors (Lipinski definition) is 3. The zero-order valence-corrected chi connectivity index (χ0v) is 19.3. The van der Waals surface area contributed by atoms with Gasteiger partial charge in [-0.25, -0.2) is 14.6 Å². The van der Waals surface area contributed by atoms with E-state index in [1.54, 1.807) is 34.6 Å². The first kappa shape index (κ1) is 28.0. The Morgan fingerprint density at radius 2 is 1.79 bits per heavy atom. The van der Waals surface area contributed by atoms with E-state index in [2.05, 4.69) is 10.3 Å². The van der Waals surface area contributed by atoms with Crippen LogP contribution in [-0.4, -0.2) is 59.4 Å². The molecule has 0 saturated heterocycles. The van der Waals surface area contributed by atoms with Gasteiger partial charge in [0.1, 0.15) is 17.3 Å². The van der Waals surface area contributed by atoms with Gasteiger partial charge in [0.05, 0.1) is 27.9 Å². The van der Waals surface area contributed by atoms with Crippen LogP contribution in [0.1, 0.15) is 40.3 Å². The number of rotatable bonds is 7. The fourth-order valence-electron chi connectivity index (χ4n) is 2.45. The van der Waals surface area contributed by atoms with Crippen molar-refractivity contribution in [1.82, 2.24) is 14.9 Å². The second-order valence-corrected chi connectivity index (χ2v) is 8.29. The summed E-state index contributed by atoms with van der Waals surface area (Å²) in [7, 11) is 0. The lowest BCUT2D eigenvalue weighted by atomic mass is 10.1. The molecule has 1 aromatic carbocycles. The minimum Gasteiger partial charge on any atom is -0.480 e. The summed E-state index contributed by atoms with van der Waals surface area (Å²) in [6.45, 7) is 8.32. The molecule has 186 valence electrons. The number of ether oxygens (including phenoxy) is 1. The van der Waals surface area contributed by atoms with E-state index in [1.165, 1.54) is 23.2 Å². The molecule has 0 spiro atoms. The summed E-state index contributed by atoms with van der Waals surface area (Å²) >= 11 is 0. The summed E-state index contributed by atoms with van der Waals surface area (Å²) in [5.74, 6) is -1.32. The number of aromatic nitrogens is 2. The molecule has 0 aliphatic carbocycles. The molecule has 1 aromatic heterocycles. The van der Waals surface area contributed by atoms with Gasteiger partial charge in [0, 0.05) is 24.8 Å². The van der Waals surface area contributed by atoms with E-state index in [4.69, 9.17) is 9.84 Å². The van der Waals surface area contributed by atoms with E-state index < -0.39 is 44.9 Å². The number of hydrogen-bond acceptors (Lipinski definition) is 9. The molecule has 2 aromatic rings. The monoisotopic (exact) mass is 481 g/mol. The van der Waals surface area contributed by atoms with Crippen molar-refractivity contribution in [2.75, 3.05) is 0 Å². The van der Waals surface area contributed by atoms with Crippen molar-refractivity contribution in [1.29, 1.82) is 0 Å². The molecule has 0 aliphatic heterocycles. The van der Waals surface area contributed by atoms with Crippen molar-refractivity contribution < 1.29 is 34.4 Å². The van der Waals surface area contributed by atoms with Crippen LogP contribution in [-0.2, 0) is 16.0 Å². The van der Waals surface area contributed by atoms with Gasteiger partial charge in [-0.15, -0.1) is 0 Å². The summed E-state index contributed by atoms with van der Waals surface area (Å²) in [6, 6.07) is 1.76. The summed E-state index contributed by atoms with van der Waals surface area (Å²) in [5, 5.41) is 41.8. The molecular formula is C20H27N5O9. The minimum absolute atomic E-state index is 0.0105. The van der Waals surface area contributed by atoms with Gasteiger partial charge in [-0.2, -0.15) is 0 Å². The van der Waals surface area contributed by atoms with Crippen molar-refractivity contribution in [3.05, 3.63) is 56.6 Å². The Hall–Kier alpha value is -4.07. The number of benzene rings is 1. The number of aliphatic hydroxyl groups is 1. The second-order valence-electron chi connectivity index (χ2n) is 8.29. The maximum Gasteiger partial charge on any atom is 0.408 e. The topological polar surface area (TPSA) is 200 Å². The first-order valence-electron chi connectivity index (χ1n) is 9.97. The molecule has 0 saturated carbocycles. The molecular weight excluding hydrogens is 454 g/mol. The predicted molar refractivity (Wildman–Crippen MR) is 119 cm³/mol. The first-order valence-corrected chi connectivity index (χ1v) is 9.97. The fraction of sp³-hybridized carbons (Fsp3) is 0.450. The normalized spacial score (nSPS) is 11.7. The third kappa shape index (κ3) is 9.20. The second kappa shape index (κ2) is 11.7. The van der Waals surface area contributed by atoms with Crippen LogP contribution in [0, 0.1) is 20.2 Å². The summed E-state index contributed by atoms with van der Waals surface area (Å²) in [4.78, 5) is 47.9. The number of amides is 1. The van der Waals surface area contributed by atoms with Crippen LogP contribution in [0.15, 0.2) is 30.7 Å². The van der Waals surface area contributed by atoms with Crippen LogP contribution < -0.4 is 5.32 Å². The quantitative estimate of drug-likeness (QED) is 0.390. The fourth-order valence-corrected chi connectivity index (χ4v) is 2.45. The third-order valence-corrected chi connectivity index (χ3v) is 3.68. The highest BCUT2D eigenvalue weighted by Gasteiger charge is 2.26. The number of carboxylic acids is 1. The van der Waals surface area contributed by atoms with Crippen molar-refractivity contribution in [2.45, 2.75) is 58.8 Å². The summed E-state index contributed by atoms with van der Waals surface area (Å²) < 4.78 is 6.27. The largest absolute Gasteiger partial charge is 0.480 e. The zero-order chi connectivity index (χ0) is 26.2. The van der Waals surface area contributed by atoms with Gasteiger partial charge in [-0.3, -0.25) is 24.8 Å². The molecule has 14 heteroatoms. The highest BCUT2D eigenvalue weighted by atomic mass is 16.6. The lowest BCUT2D eigenvalue weighted by Gasteiger charge is -2.21. The highest BCUT2D eigenvalue weighted by Crippen LogP contribution is 2.28. The Bertz CT molecular complexity index is 1040. The third-order valence-electron chi connectivity index (χ3n) is 3.68. The smallest absolute Gasteiger partial charge is 0.408 e. The van der Waals surface area contributed by atoms with Crippen molar-refractivity contribution in [3.8, 4) is 5.69 Å². The zero-order valence-electron chi connectivity index (χ0n) is 19.3. The van der Waals surface area contributed by atoms with Crippen LogP contribution in [0.25, 0.3) is 5.69 Å². The van der Waals surface area contributed by atoms with Crippen LogP contribution in [0.5, 0.6) is 0 Å². The molecule has 14 nitrogen and oxygen atoms in total. The number of aliphatic carboxylic acids is 1. The molecule has 1 heterocycles. The van der Waals surface area contributed by atoms with Gasteiger partial charge >= 0.3 is 12.1 Å². The predicted octanol–water partition coefficient (Wildman–Crippen LogP) is 2.60. The van der Waals surface area contributed by atoms with Crippen molar-refractivity contribution in [3.63, 3.8) is 0 Å². The van der Waals surface area contributed by atoms with E-state index >= 15 is 0 Å². The average molecular weight is 481 g/mol. The van der Waals surface area contributed by atoms with Crippen molar-refractivity contribution in [2.24, 2.45) is 0 Å². The Balaban J connectivity index is 0.00000133. The van der Waals surface area contributed by atoms with Crippen LogP contribution in [0.3, 0.4) is 0 Å². The molecule has 1 atom stereocenters. The minimum atomic E-state index is -1.35. The van der Waals surface area contributed by atoms with E-state index in [0.29, 0.717) is 0 Å². The Labute approximate surface area is 194 Å². The molecule has 2 rings (SSSR count). The van der Waals surface area contributed by atoms with E-state index in [0.717, 1.165) is 12.1 Å². The lowest BCUT2D eigenvalue weighted by molar-refractivity contribution is -0.394. The number of aliphatic hydroxyl groups excluding tert-OH is 1. The molecule has 0 radical (unpaired) electrons. The lowest BCUT2D eigenvalue weighted by Crippen LogP contribution is -2.44. The summed E-state index contributed by atoms with van der Waals surface area (Å²) in [6.07, 6.45) is 1.24. The van der Waals surface area contributed by atoms with E-state index in [-0.39, 0.29) is 23.9 Å². The highest BCUT2D eigenvalue weighted by molar-refractivity contribution is 5.80. The molecule has 3 N–H and O–H groups in total. The number of alkyl carbamates (subject to hydrolysis) is 1. The number of imidazole rings is 1. The number of carboxylic acid groups (broad SMARTS) is 1. The maximum atomic E-state index is 11.8. The van der Waals surface area contributed by atoms with Crippen LogP contribution in [0.4, 0.5) is 16.2 Å². The standard InChI is InChI=1S/C17H19N5O8.C3H8O/c1-17(2,3)30-16(25)19-12(15(23)24)6-10-8-20(9-18-10)13-5-4-11(21(26)27)7-14(13)22(28)29;1-3(2)4/h4-5,7-9,12H,6H2,1-3H3,(H,19,25)(H,23,24);3-4H,1-2H3. The van der Waals surface area contributed by atoms with Gasteiger partial charge < -0.3 is 20.3 Å². The van der Waals surface area contributed by atoms with Gasteiger partial charge in [0.2, 0.25) is 0 Å². The number of carbonyl (C=O) groups excluding carboxylic acids is 1. The van der Waals surface area contributed by atoms with Gasteiger partial charge in [-0.1, -0.05) is 0 Å². The Morgan fingerprint density at radius 1 is 1.21 bits per heavy atom. The SMILES string of the molecule is CC(C)(C)OC(=O)NC(Cc1cn(-c2ccc([N+](=O)[O-])cc2[N+](=O)[O-])cn1)C(=O)O.CC(C)O. The number of nitro groups is 2. The Morgan fingerprint density at radius 3 is 2.26 bits per heavy atom. The number of nitrogens with zero attached hydrogens (tertiary/aromatic N) is 4. The number of nitrogens with one attached hydrogen (secondary N) is 1. The summed E-state index contributed by atoms with van der Waals surface area (Å²) in [5.41, 5.74) is -1.56. The van der Waals surface area contributed by atoms with Gasteiger partial charge in [-0.05, 0) is 40.7 Å². The van der Waals surface area contributed by atoms with Gasteiger partial charge in [0.15, 0.2) is 0 Å². The Kier molecular flexibility index (Phi) is 9.62. The molecule has 1 amide bonds. The van der Waals surface area contributed by atoms with Crippen LogP contribution >= 0.6 is 0 Å². The number of non-ortho nitro benzene ring substituents is 1. The maximum absolute atomic E-state index is 11.8. The first-order chi connectivity index (χ1) is 15.6. The van der Waals surface area contributed by atoms with E-state index in [1.807, 2.05) is 0 Å². The number of carbonyl (C=O) groups is 2. The average Bonchev–Trinajstić information content (AvgIpc) is 3.13.